The van der Waals surface area contributed by atoms with Crippen LogP contribution in [0.1, 0.15) is 16.8 Å². The Balaban J connectivity index is 2.10. The van der Waals surface area contributed by atoms with Gasteiger partial charge < -0.3 is 15.0 Å². The summed E-state index contributed by atoms with van der Waals surface area (Å²) in [5, 5.41) is 7.56. The number of nitrogens with zero attached hydrogens (tertiary/aromatic N) is 3. The van der Waals surface area contributed by atoms with Crippen molar-refractivity contribution in [1.82, 2.24) is 14.7 Å². The first kappa shape index (κ1) is 18.1. The minimum atomic E-state index is -2.89. The van der Waals surface area contributed by atoms with Crippen molar-refractivity contribution in [2.75, 3.05) is 12.4 Å². The van der Waals surface area contributed by atoms with Crippen molar-refractivity contribution in [3.05, 3.63) is 41.2 Å². The van der Waals surface area contributed by atoms with Crippen LogP contribution < -0.4 is 10.1 Å². The zero-order chi connectivity index (χ0) is 17.9. The van der Waals surface area contributed by atoms with Crippen molar-refractivity contribution in [1.29, 1.82) is 0 Å². The molecule has 1 N–H and O–H groups in total. The molecule has 5 nitrogen and oxygen atoms in total. The van der Waals surface area contributed by atoms with Crippen LogP contribution in [0.3, 0.4) is 0 Å². The van der Waals surface area contributed by atoms with E-state index in [2.05, 4.69) is 15.2 Å². The second kappa shape index (κ2) is 7.57. The summed E-state index contributed by atoms with van der Waals surface area (Å²) in [4.78, 5) is 1.81. The van der Waals surface area contributed by atoms with Crippen LogP contribution >= 0.6 is 12.2 Å². The van der Waals surface area contributed by atoms with Crippen LogP contribution in [0.2, 0.25) is 0 Å². The lowest BCUT2D eigenvalue weighted by Crippen LogP contribution is -2.31. The Morgan fingerprint density at radius 3 is 2.71 bits per heavy atom. The average molecular weight is 354 g/mol. The van der Waals surface area contributed by atoms with Crippen LogP contribution in [0.4, 0.5) is 14.5 Å². The summed E-state index contributed by atoms with van der Waals surface area (Å²) in [5.41, 5.74) is 3.31. The Bertz CT molecular complexity index is 733. The van der Waals surface area contributed by atoms with E-state index in [9.17, 15) is 8.78 Å². The predicted molar refractivity (Wildman–Crippen MR) is 93.4 cm³/mol. The van der Waals surface area contributed by atoms with Crippen molar-refractivity contribution >= 4 is 23.0 Å². The van der Waals surface area contributed by atoms with Gasteiger partial charge in [0.2, 0.25) is 0 Å². The molecule has 2 rings (SSSR count). The van der Waals surface area contributed by atoms with Gasteiger partial charge in [-0.1, -0.05) is 6.07 Å². The van der Waals surface area contributed by atoms with E-state index >= 15 is 0 Å². The molecule has 8 heteroatoms. The number of halogens is 2. The minimum Gasteiger partial charge on any atom is -0.433 e. The van der Waals surface area contributed by atoms with E-state index in [0.29, 0.717) is 17.3 Å². The van der Waals surface area contributed by atoms with Crippen molar-refractivity contribution in [3.63, 3.8) is 0 Å². The van der Waals surface area contributed by atoms with E-state index in [1.165, 1.54) is 0 Å². The quantitative estimate of drug-likeness (QED) is 0.833. The largest absolute Gasteiger partial charge is 0.433 e. The van der Waals surface area contributed by atoms with Gasteiger partial charge in [0.1, 0.15) is 5.75 Å². The second-order valence-corrected chi connectivity index (χ2v) is 5.93. The Kier molecular flexibility index (Phi) is 5.71. The van der Waals surface area contributed by atoms with Crippen LogP contribution in [0, 0.1) is 13.8 Å². The molecule has 1 heterocycles. The highest BCUT2D eigenvalue weighted by Crippen LogP contribution is 2.27. The summed E-state index contributed by atoms with van der Waals surface area (Å²) >= 11 is 5.36. The topological polar surface area (TPSA) is 42.3 Å². The summed E-state index contributed by atoms with van der Waals surface area (Å²) in [6, 6.07) is 5.01. The normalized spacial score (nSPS) is 10.8. The summed E-state index contributed by atoms with van der Waals surface area (Å²) < 4.78 is 31.5. The highest BCUT2D eigenvalue weighted by atomic mass is 32.1. The van der Waals surface area contributed by atoms with Crippen LogP contribution in [0.15, 0.2) is 24.4 Å². The molecular weight excluding hydrogens is 334 g/mol. The van der Waals surface area contributed by atoms with E-state index in [1.807, 2.05) is 25.9 Å². The van der Waals surface area contributed by atoms with Crippen molar-refractivity contribution < 1.29 is 13.5 Å². The third kappa shape index (κ3) is 4.41. The Labute approximate surface area is 145 Å². The molecule has 130 valence electrons. The number of aryl methyl sites for hydroxylation is 2. The molecule has 0 radical (unpaired) electrons. The highest BCUT2D eigenvalue weighted by Gasteiger charge is 2.14. The van der Waals surface area contributed by atoms with Gasteiger partial charge >= 0.3 is 6.61 Å². The molecule has 0 saturated carbocycles. The first-order valence-corrected chi connectivity index (χ1v) is 7.73. The van der Waals surface area contributed by atoms with Gasteiger partial charge in [0.05, 0.1) is 11.9 Å². The number of aromatic nitrogens is 2. The van der Waals surface area contributed by atoms with Crippen LogP contribution in [0.5, 0.6) is 5.75 Å². The maximum Gasteiger partial charge on any atom is 0.387 e. The molecule has 0 spiro atoms. The molecule has 2 aromatic rings. The summed E-state index contributed by atoms with van der Waals surface area (Å²) in [5.74, 6) is 0.0679. The van der Waals surface area contributed by atoms with Crippen LogP contribution in [0.25, 0.3) is 0 Å². The molecule has 1 aromatic carbocycles. The molecule has 0 atom stereocenters. The molecule has 0 amide bonds. The fourth-order valence-corrected chi connectivity index (χ4v) is 2.34. The molecule has 0 aliphatic heterocycles. The SMILES string of the molecule is Cc1ccc(NC(=S)N(C)Cc2cnn(C)c2C)c(OC(F)F)c1. The van der Waals surface area contributed by atoms with Crippen molar-refractivity contribution in [2.45, 2.75) is 27.0 Å². The number of nitrogens with one attached hydrogen (secondary N) is 1. The molecule has 24 heavy (non-hydrogen) atoms. The lowest BCUT2D eigenvalue weighted by atomic mass is 10.2. The molecule has 0 aliphatic rings. The molecule has 1 aromatic heterocycles. The maximum atomic E-state index is 12.6. The molecule has 0 saturated heterocycles. The molecule has 0 bridgehead atoms. The lowest BCUT2D eigenvalue weighted by molar-refractivity contribution is -0.0493. The zero-order valence-corrected chi connectivity index (χ0v) is 14.8. The lowest BCUT2D eigenvalue weighted by Gasteiger charge is -2.22. The number of ether oxygens (including phenoxy) is 1. The smallest absolute Gasteiger partial charge is 0.387 e. The van der Waals surface area contributed by atoms with E-state index in [1.54, 1.807) is 36.0 Å². The second-order valence-electron chi connectivity index (χ2n) is 5.54. The highest BCUT2D eigenvalue weighted by molar-refractivity contribution is 7.80. The molecular formula is C16H20F2N4OS. The zero-order valence-electron chi connectivity index (χ0n) is 14.0. The minimum absolute atomic E-state index is 0.0679. The summed E-state index contributed by atoms with van der Waals surface area (Å²) in [6.07, 6.45) is 1.78. The van der Waals surface area contributed by atoms with E-state index < -0.39 is 6.61 Å². The van der Waals surface area contributed by atoms with Crippen LogP contribution in [-0.2, 0) is 13.6 Å². The third-order valence-corrected chi connectivity index (χ3v) is 4.10. The first-order valence-electron chi connectivity index (χ1n) is 7.33. The number of hydrogen-bond acceptors (Lipinski definition) is 3. The van der Waals surface area contributed by atoms with E-state index in [-0.39, 0.29) is 5.75 Å². The maximum absolute atomic E-state index is 12.6. The van der Waals surface area contributed by atoms with Gasteiger partial charge in [-0.15, -0.1) is 0 Å². The van der Waals surface area contributed by atoms with Gasteiger partial charge in [-0.05, 0) is 43.8 Å². The van der Waals surface area contributed by atoms with Gasteiger partial charge in [-0.3, -0.25) is 4.68 Å². The Hall–Kier alpha value is -2.22. The Morgan fingerprint density at radius 2 is 2.12 bits per heavy atom. The molecule has 0 fully saturated rings. The fourth-order valence-electron chi connectivity index (χ4n) is 2.16. The standard InChI is InChI=1S/C16H20F2N4OS/c1-10-5-6-13(14(7-10)23-15(17)18)20-16(24)21(3)9-12-8-19-22(4)11(12)2/h5-8,15H,9H2,1-4H3,(H,20,24). The number of benzene rings is 1. The fraction of sp³-hybridized carbons (Fsp3) is 0.375. The number of thiocarbonyl (C=S) groups is 1. The number of rotatable bonds is 5. The first-order chi connectivity index (χ1) is 11.3. The van der Waals surface area contributed by atoms with Gasteiger partial charge in [0.25, 0.3) is 0 Å². The Morgan fingerprint density at radius 1 is 1.42 bits per heavy atom. The van der Waals surface area contributed by atoms with Crippen LogP contribution in [-0.4, -0.2) is 33.5 Å². The van der Waals surface area contributed by atoms with E-state index in [4.69, 9.17) is 12.2 Å². The van der Waals surface area contributed by atoms with Gasteiger partial charge in [-0.25, -0.2) is 0 Å². The predicted octanol–water partition coefficient (Wildman–Crippen LogP) is 3.47. The number of alkyl halides is 2. The van der Waals surface area contributed by atoms with Gasteiger partial charge in [-0.2, -0.15) is 13.9 Å². The van der Waals surface area contributed by atoms with Crippen molar-refractivity contribution in [3.8, 4) is 5.75 Å². The van der Waals surface area contributed by atoms with Crippen molar-refractivity contribution in [2.24, 2.45) is 7.05 Å². The average Bonchev–Trinajstić information content (AvgIpc) is 2.81. The molecule has 0 unspecified atom stereocenters. The third-order valence-electron chi connectivity index (χ3n) is 3.69. The molecule has 0 aliphatic carbocycles. The summed E-state index contributed by atoms with van der Waals surface area (Å²) in [6.45, 7) is 1.44. The number of anilines is 1. The van der Waals surface area contributed by atoms with E-state index in [0.717, 1.165) is 16.8 Å². The van der Waals surface area contributed by atoms with Gasteiger partial charge in [0, 0.05) is 31.9 Å². The number of hydrogen-bond donors (Lipinski definition) is 1. The summed E-state index contributed by atoms with van der Waals surface area (Å²) in [7, 11) is 3.69. The monoisotopic (exact) mass is 354 g/mol. The van der Waals surface area contributed by atoms with Gasteiger partial charge in [0.15, 0.2) is 5.11 Å².